The van der Waals surface area contributed by atoms with Crippen LogP contribution in [0.1, 0.15) is 78.8 Å². The number of allylic oxidation sites excluding steroid dienone is 1. The summed E-state index contributed by atoms with van der Waals surface area (Å²) in [5.74, 6) is -2.04. The zero-order valence-electron chi connectivity index (χ0n) is 45.6. The number of carbonyl (C=O) groups is 4. The molecule has 2 aromatic heterocycles. The minimum absolute atomic E-state index is 0.0690. The van der Waals surface area contributed by atoms with E-state index in [1.54, 1.807) is 36.0 Å². The van der Waals surface area contributed by atoms with Crippen molar-refractivity contribution >= 4 is 64.0 Å². The van der Waals surface area contributed by atoms with E-state index in [9.17, 15) is 14.4 Å². The number of fused-ring (bicyclic) bond motifs is 1. The summed E-state index contributed by atoms with van der Waals surface area (Å²) in [7, 11) is 0. The SMILES string of the molecule is CC(OC(=O)OCCC(C)(C)C)OC(=O)C1=C(/C=C\c2cccnc2)CS[C@H]2[C@H](NC(=O)C(=NOC(c3ccccc3)(c3ccccc3)c3ccccc3)c3csc(NC(c4ccccc4)(c4ccccc4)c4ccccc4)n3)C(=O)N12. The first-order valence-corrected chi connectivity index (χ1v) is 28.7. The number of thioether (sulfide) groups is 1. The van der Waals surface area contributed by atoms with Crippen LogP contribution >= 0.6 is 23.1 Å². The fourth-order valence-corrected chi connectivity index (χ4v) is 11.9. The Morgan fingerprint density at radius 2 is 1.23 bits per heavy atom. The maximum Gasteiger partial charge on any atom is 0.511 e. The maximum absolute atomic E-state index is 15.4. The average molecular weight is 1130 g/mol. The molecule has 1 unspecified atom stereocenters. The molecule has 2 aliphatic rings. The van der Waals surface area contributed by atoms with Gasteiger partial charge >= 0.3 is 12.1 Å². The summed E-state index contributed by atoms with van der Waals surface area (Å²) in [5.41, 5.74) is 3.66. The predicted molar refractivity (Wildman–Crippen MR) is 319 cm³/mol. The van der Waals surface area contributed by atoms with Crippen LogP contribution in [0.3, 0.4) is 0 Å². The van der Waals surface area contributed by atoms with Crippen molar-refractivity contribution in [1.29, 1.82) is 0 Å². The number of carbonyl (C=O) groups excluding carboxylic acids is 4. The first-order chi connectivity index (χ1) is 39.8. The van der Waals surface area contributed by atoms with Crippen molar-refractivity contribution in [3.05, 3.63) is 274 Å². The van der Waals surface area contributed by atoms with Gasteiger partial charge in [0, 0.05) is 47.1 Å². The van der Waals surface area contributed by atoms with E-state index < -0.39 is 52.8 Å². The largest absolute Gasteiger partial charge is 0.511 e. The van der Waals surface area contributed by atoms with Gasteiger partial charge in [-0.25, -0.2) is 14.6 Å². The lowest BCUT2D eigenvalue weighted by atomic mass is 9.77. The summed E-state index contributed by atoms with van der Waals surface area (Å²) in [4.78, 5) is 74.8. The molecule has 0 bridgehead atoms. The molecule has 2 aliphatic heterocycles. The fraction of sp³-hybridized carbons (Fsp3) is 0.197. The Labute approximate surface area is 484 Å². The number of ether oxygens (including phenoxy) is 3. The molecule has 414 valence electrons. The second-order valence-electron chi connectivity index (χ2n) is 20.7. The molecule has 8 aromatic rings. The summed E-state index contributed by atoms with van der Waals surface area (Å²) >= 11 is 2.63. The van der Waals surface area contributed by atoms with E-state index in [-0.39, 0.29) is 34.9 Å². The normalized spacial score (nSPS) is 15.9. The summed E-state index contributed by atoms with van der Waals surface area (Å²) in [6.07, 6.45) is 5.01. The van der Waals surface area contributed by atoms with Gasteiger partial charge in [0.15, 0.2) is 10.8 Å². The van der Waals surface area contributed by atoms with Gasteiger partial charge in [-0.15, -0.1) is 23.1 Å². The summed E-state index contributed by atoms with van der Waals surface area (Å²) in [5, 5.41) is 13.1. The Hall–Kier alpha value is -9.12. The van der Waals surface area contributed by atoms with Crippen LogP contribution in [-0.2, 0) is 44.6 Å². The molecule has 6 aromatic carbocycles. The van der Waals surface area contributed by atoms with E-state index in [1.807, 2.05) is 172 Å². The van der Waals surface area contributed by atoms with Crippen molar-refractivity contribution in [3.8, 4) is 0 Å². The van der Waals surface area contributed by atoms with Crippen LogP contribution in [0.2, 0.25) is 0 Å². The van der Waals surface area contributed by atoms with Crippen molar-refractivity contribution in [2.75, 3.05) is 17.7 Å². The highest BCUT2D eigenvalue weighted by Gasteiger charge is 2.55. The zero-order valence-corrected chi connectivity index (χ0v) is 47.2. The molecule has 0 spiro atoms. The Kier molecular flexibility index (Phi) is 17.2. The van der Waals surface area contributed by atoms with Crippen molar-refractivity contribution in [2.24, 2.45) is 10.6 Å². The maximum atomic E-state index is 15.4. The number of amides is 2. The molecule has 10 rings (SSSR count). The van der Waals surface area contributed by atoms with Crippen LogP contribution in [0.5, 0.6) is 0 Å². The van der Waals surface area contributed by atoms with Crippen molar-refractivity contribution in [3.63, 3.8) is 0 Å². The van der Waals surface area contributed by atoms with Gasteiger partial charge in [0.2, 0.25) is 11.9 Å². The predicted octanol–water partition coefficient (Wildman–Crippen LogP) is 12.5. The highest BCUT2D eigenvalue weighted by atomic mass is 32.2. The minimum atomic E-state index is -1.40. The lowest BCUT2D eigenvalue weighted by Gasteiger charge is -2.49. The van der Waals surface area contributed by atoms with Gasteiger partial charge in [-0.05, 0) is 45.7 Å². The fourth-order valence-electron chi connectivity index (χ4n) is 9.86. The number of benzene rings is 6. The number of hydrogen-bond donors (Lipinski definition) is 2. The molecule has 0 aliphatic carbocycles. The summed E-state index contributed by atoms with van der Waals surface area (Å²) in [6, 6.07) is 61.7. The number of hydrogen-bond acceptors (Lipinski definition) is 14. The molecule has 2 N–H and O–H groups in total. The van der Waals surface area contributed by atoms with Gasteiger partial charge in [-0.1, -0.05) is 226 Å². The first kappa shape index (κ1) is 56.2. The molecule has 0 radical (unpaired) electrons. The van der Waals surface area contributed by atoms with Crippen molar-refractivity contribution < 1.29 is 38.2 Å². The molecule has 4 heterocycles. The molecule has 3 atom stereocenters. The second kappa shape index (κ2) is 25.1. The third-order valence-corrected chi connectivity index (χ3v) is 16.0. The van der Waals surface area contributed by atoms with Gasteiger partial charge in [-0.2, -0.15) is 0 Å². The smallest absolute Gasteiger partial charge is 0.434 e. The number of rotatable bonds is 20. The topological polar surface area (TPSA) is 171 Å². The molecule has 1 saturated heterocycles. The number of aromatic nitrogens is 2. The number of nitrogens with zero attached hydrogens (tertiary/aromatic N) is 4. The van der Waals surface area contributed by atoms with E-state index in [1.165, 1.54) is 34.9 Å². The monoisotopic (exact) mass is 1130 g/mol. The number of anilines is 1. The number of thiazole rings is 1. The van der Waals surface area contributed by atoms with Crippen LogP contribution in [0.15, 0.2) is 234 Å². The standard InChI is InChI=1S/C66H60N6O8S2/c1-45(79-63(76)77-41-39-64(2,3)4)78-61(75)57-47(38-37-46-24-23-40-67-42-46)43-81-60-56(59(74)72(57)60)69-58(73)55(71-80-66(51-31-17-8-18-32-51,52-33-19-9-20-34-52)53-35-21-10-22-36-53)54-44-82-62(68-54)70-65(48-25-11-5-12-26-48,49-27-13-6-14-28-49)50-29-15-7-16-30-50/h5-38,40,42,44-45,56,60H,39,41,43H2,1-4H3,(H,68,70)(H,69,73)/b38-37-,71-55?/t45?,56-,60+/m1/s1. The van der Waals surface area contributed by atoms with E-state index in [0.717, 1.165) is 38.9 Å². The number of β-lactam (4-membered cyclic amide) rings is 1. The van der Waals surface area contributed by atoms with E-state index in [2.05, 4.69) is 52.0 Å². The van der Waals surface area contributed by atoms with Gasteiger partial charge < -0.3 is 29.7 Å². The average Bonchev–Trinajstić information content (AvgIpc) is 1.67. The van der Waals surface area contributed by atoms with Gasteiger partial charge in [0.05, 0.1) is 6.61 Å². The van der Waals surface area contributed by atoms with Crippen LogP contribution < -0.4 is 10.6 Å². The van der Waals surface area contributed by atoms with E-state index in [0.29, 0.717) is 17.1 Å². The van der Waals surface area contributed by atoms with Crippen LogP contribution in [-0.4, -0.2) is 74.6 Å². The molecular weight excluding hydrogens is 1070 g/mol. The summed E-state index contributed by atoms with van der Waals surface area (Å²) in [6.45, 7) is 7.55. The first-order valence-electron chi connectivity index (χ1n) is 26.8. The van der Waals surface area contributed by atoms with Gasteiger partial charge in [-0.3, -0.25) is 19.5 Å². The molecule has 2 amide bonds. The lowest BCUT2D eigenvalue weighted by Crippen LogP contribution is -2.71. The Balaban J connectivity index is 1.02. The van der Waals surface area contributed by atoms with Gasteiger partial charge in [0.1, 0.15) is 28.3 Å². The molecule has 0 saturated carbocycles. The van der Waals surface area contributed by atoms with E-state index >= 15 is 4.79 Å². The quantitative estimate of drug-likeness (QED) is 0.0185. The highest BCUT2D eigenvalue weighted by molar-refractivity contribution is 8.00. The number of nitrogens with one attached hydrogen (secondary N) is 2. The lowest BCUT2D eigenvalue weighted by molar-refractivity contribution is -0.169. The molecule has 14 nitrogen and oxygen atoms in total. The number of oxime groups is 1. The molecule has 16 heteroatoms. The Morgan fingerprint density at radius 3 is 1.73 bits per heavy atom. The molecule has 1 fully saturated rings. The highest BCUT2D eigenvalue weighted by Crippen LogP contribution is 2.44. The molecule has 82 heavy (non-hydrogen) atoms. The zero-order chi connectivity index (χ0) is 57.1. The van der Waals surface area contributed by atoms with E-state index in [4.69, 9.17) is 29.2 Å². The Morgan fingerprint density at radius 1 is 0.707 bits per heavy atom. The van der Waals surface area contributed by atoms with Crippen molar-refractivity contribution in [2.45, 2.75) is 63.0 Å². The number of pyridine rings is 1. The van der Waals surface area contributed by atoms with Crippen LogP contribution in [0, 0.1) is 5.41 Å². The van der Waals surface area contributed by atoms with Crippen LogP contribution in [0.25, 0.3) is 6.08 Å². The van der Waals surface area contributed by atoms with Crippen molar-refractivity contribution in [1.82, 2.24) is 20.2 Å². The van der Waals surface area contributed by atoms with Crippen LogP contribution in [0.4, 0.5) is 9.93 Å². The number of esters is 1. The third kappa shape index (κ3) is 12.3. The minimum Gasteiger partial charge on any atom is -0.434 e. The Bertz CT molecular complexity index is 3390. The second-order valence-corrected chi connectivity index (χ2v) is 22.6. The molecular formula is C66H60N6O8S2. The van der Waals surface area contributed by atoms with Gasteiger partial charge in [0.25, 0.3) is 11.8 Å². The third-order valence-electron chi connectivity index (χ3n) is 13.9. The summed E-state index contributed by atoms with van der Waals surface area (Å²) < 4.78 is 16.3.